The predicted molar refractivity (Wildman–Crippen MR) is 85.9 cm³/mol. The fourth-order valence-electron chi connectivity index (χ4n) is 2.78. The molecule has 6 heteroatoms. The van der Waals surface area contributed by atoms with Crippen LogP contribution in [0, 0.1) is 0 Å². The van der Waals surface area contributed by atoms with Gasteiger partial charge in [-0.2, -0.15) is 0 Å². The van der Waals surface area contributed by atoms with E-state index in [0.29, 0.717) is 6.42 Å². The SMILES string of the molecule is CCCNCc1ccc(CC2OC(CO)C(O)C(O)C2O)cc1. The van der Waals surface area contributed by atoms with E-state index in [2.05, 4.69) is 12.2 Å². The summed E-state index contributed by atoms with van der Waals surface area (Å²) in [4.78, 5) is 0. The van der Waals surface area contributed by atoms with Crippen LogP contribution in [0.4, 0.5) is 0 Å². The maximum absolute atomic E-state index is 10.1. The first-order valence-corrected chi connectivity index (χ1v) is 8.15. The van der Waals surface area contributed by atoms with Gasteiger partial charge in [0.1, 0.15) is 24.4 Å². The van der Waals surface area contributed by atoms with E-state index in [1.165, 1.54) is 5.56 Å². The summed E-state index contributed by atoms with van der Waals surface area (Å²) in [6, 6.07) is 7.96. The van der Waals surface area contributed by atoms with Gasteiger partial charge in [0.2, 0.25) is 0 Å². The van der Waals surface area contributed by atoms with Crippen molar-refractivity contribution in [2.75, 3.05) is 13.2 Å². The Morgan fingerprint density at radius 1 is 0.957 bits per heavy atom. The number of benzene rings is 1. The standard InChI is InChI=1S/C17H27NO5/c1-2-7-18-9-12-5-3-11(4-6-12)8-13-15(20)17(22)16(21)14(10-19)23-13/h3-6,13-22H,2,7-10H2,1H3. The molecule has 6 nitrogen and oxygen atoms in total. The molecule has 1 fully saturated rings. The third kappa shape index (κ3) is 4.73. The molecule has 0 aliphatic carbocycles. The van der Waals surface area contributed by atoms with Crippen LogP contribution in [0.15, 0.2) is 24.3 Å². The third-order valence-corrected chi connectivity index (χ3v) is 4.21. The molecule has 0 radical (unpaired) electrons. The van der Waals surface area contributed by atoms with Crippen molar-refractivity contribution in [3.8, 4) is 0 Å². The van der Waals surface area contributed by atoms with Gasteiger partial charge in [0.25, 0.3) is 0 Å². The molecule has 1 aliphatic heterocycles. The topological polar surface area (TPSA) is 102 Å². The largest absolute Gasteiger partial charge is 0.394 e. The van der Waals surface area contributed by atoms with Gasteiger partial charge in [0.05, 0.1) is 12.7 Å². The summed E-state index contributed by atoms with van der Waals surface area (Å²) in [7, 11) is 0. The highest BCUT2D eigenvalue weighted by Gasteiger charge is 2.43. The van der Waals surface area contributed by atoms with E-state index >= 15 is 0 Å². The summed E-state index contributed by atoms with van der Waals surface area (Å²) >= 11 is 0. The van der Waals surface area contributed by atoms with E-state index in [1.54, 1.807) is 0 Å². The lowest BCUT2D eigenvalue weighted by Crippen LogP contribution is -2.58. The van der Waals surface area contributed by atoms with Crippen LogP contribution in [-0.2, 0) is 17.7 Å². The van der Waals surface area contributed by atoms with Crippen LogP contribution in [0.2, 0.25) is 0 Å². The molecule has 5 N–H and O–H groups in total. The monoisotopic (exact) mass is 325 g/mol. The first-order chi connectivity index (χ1) is 11.1. The third-order valence-electron chi connectivity index (χ3n) is 4.21. The molecular formula is C17H27NO5. The average molecular weight is 325 g/mol. The Morgan fingerprint density at radius 2 is 1.57 bits per heavy atom. The zero-order chi connectivity index (χ0) is 16.8. The van der Waals surface area contributed by atoms with E-state index in [-0.39, 0.29) is 0 Å². The number of aliphatic hydroxyl groups excluding tert-OH is 4. The molecule has 1 aliphatic rings. The normalized spacial score (nSPS) is 31.3. The number of ether oxygens (including phenoxy) is 1. The van der Waals surface area contributed by atoms with Gasteiger partial charge in [-0.3, -0.25) is 0 Å². The van der Waals surface area contributed by atoms with Crippen LogP contribution in [0.25, 0.3) is 0 Å². The van der Waals surface area contributed by atoms with E-state index < -0.39 is 37.1 Å². The summed E-state index contributed by atoms with van der Waals surface area (Å²) in [6.45, 7) is 3.51. The highest BCUT2D eigenvalue weighted by molar-refractivity contribution is 5.23. The zero-order valence-corrected chi connectivity index (χ0v) is 13.4. The number of nitrogens with one attached hydrogen (secondary N) is 1. The molecule has 0 aromatic heterocycles. The summed E-state index contributed by atoms with van der Waals surface area (Å²) in [5.41, 5.74) is 2.14. The minimum absolute atomic E-state index is 0.399. The Bertz CT molecular complexity index is 465. The van der Waals surface area contributed by atoms with Crippen LogP contribution in [-0.4, -0.2) is 64.1 Å². The fourth-order valence-corrected chi connectivity index (χ4v) is 2.78. The maximum atomic E-state index is 10.1. The van der Waals surface area contributed by atoms with Crippen molar-refractivity contribution in [2.45, 2.75) is 56.8 Å². The lowest BCUT2D eigenvalue weighted by atomic mass is 9.91. The zero-order valence-electron chi connectivity index (χ0n) is 13.4. The molecule has 2 rings (SSSR count). The van der Waals surface area contributed by atoms with E-state index in [4.69, 9.17) is 4.74 Å². The van der Waals surface area contributed by atoms with Gasteiger partial charge in [0, 0.05) is 13.0 Å². The highest BCUT2D eigenvalue weighted by Crippen LogP contribution is 2.23. The Kier molecular flexibility index (Phi) is 6.95. The fraction of sp³-hybridized carbons (Fsp3) is 0.647. The van der Waals surface area contributed by atoms with Gasteiger partial charge in [-0.1, -0.05) is 31.2 Å². The van der Waals surface area contributed by atoms with Crippen molar-refractivity contribution in [3.63, 3.8) is 0 Å². The molecule has 0 saturated carbocycles. The summed E-state index contributed by atoms with van der Waals surface area (Å²) < 4.78 is 5.52. The second kappa shape index (κ2) is 8.73. The molecule has 1 aromatic carbocycles. The van der Waals surface area contributed by atoms with E-state index in [1.807, 2.05) is 24.3 Å². The first kappa shape index (κ1) is 18.3. The van der Waals surface area contributed by atoms with Crippen molar-refractivity contribution in [3.05, 3.63) is 35.4 Å². The molecule has 5 atom stereocenters. The number of hydrogen-bond acceptors (Lipinski definition) is 6. The average Bonchev–Trinajstić information content (AvgIpc) is 2.57. The Balaban J connectivity index is 1.95. The second-order valence-electron chi connectivity index (χ2n) is 6.06. The van der Waals surface area contributed by atoms with Gasteiger partial charge in [-0.15, -0.1) is 0 Å². The molecule has 0 amide bonds. The van der Waals surface area contributed by atoms with Crippen LogP contribution < -0.4 is 5.32 Å². The van der Waals surface area contributed by atoms with Crippen LogP contribution in [0.1, 0.15) is 24.5 Å². The summed E-state index contributed by atoms with van der Waals surface area (Å²) in [5, 5.41) is 42.2. The van der Waals surface area contributed by atoms with E-state index in [9.17, 15) is 20.4 Å². The van der Waals surface area contributed by atoms with Crippen LogP contribution >= 0.6 is 0 Å². The van der Waals surface area contributed by atoms with Crippen molar-refractivity contribution < 1.29 is 25.2 Å². The van der Waals surface area contributed by atoms with Crippen LogP contribution in [0.5, 0.6) is 0 Å². The Labute approximate surface area is 136 Å². The van der Waals surface area contributed by atoms with Gasteiger partial charge in [-0.05, 0) is 24.1 Å². The van der Waals surface area contributed by atoms with E-state index in [0.717, 1.165) is 25.1 Å². The number of hydrogen-bond donors (Lipinski definition) is 5. The lowest BCUT2D eigenvalue weighted by Gasteiger charge is -2.40. The minimum atomic E-state index is -1.32. The van der Waals surface area contributed by atoms with Gasteiger partial charge < -0.3 is 30.5 Å². The predicted octanol–water partition coefficient (Wildman–Crippen LogP) is -0.429. The molecule has 5 unspecified atom stereocenters. The quantitative estimate of drug-likeness (QED) is 0.436. The van der Waals surface area contributed by atoms with Crippen molar-refractivity contribution >= 4 is 0 Å². The van der Waals surface area contributed by atoms with Crippen molar-refractivity contribution in [1.82, 2.24) is 5.32 Å². The smallest absolute Gasteiger partial charge is 0.111 e. The van der Waals surface area contributed by atoms with Crippen molar-refractivity contribution in [2.24, 2.45) is 0 Å². The first-order valence-electron chi connectivity index (χ1n) is 8.15. The molecule has 130 valence electrons. The van der Waals surface area contributed by atoms with Gasteiger partial charge in [0.15, 0.2) is 0 Å². The number of rotatable bonds is 7. The van der Waals surface area contributed by atoms with Crippen molar-refractivity contribution in [1.29, 1.82) is 0 Å². The maximum Gasteiger partial charge on any atom is 0.111 e. The molecule has 23 heavy (non-hydrogen) atoms. The highest BCUT2D eigenvalue weighted by atomic mass is 16.5. The molecule has 1 aromatic rings. The second-order valence-corrected chi connectivity index (χ2v) is 6.06. The summed E-state index contributed by atoms with van der Waals surface area (Å²) in [6.07, 6.45) is -3.81. The Morgan fingerprint density at radius 3 is 2.17 bits per heavy atom. The van der Waals surface area contributed by atoms with Gasteiger partial charge >= 0.3 is 0 Å². The molecule has 0 spiro atoms. The molecule has 1 saturated heterocycles. The molecule has 0 bridgehead atoms. The number of aliphatic hydroxyl groups is 4. The van der Waals surface area contributed by atoms with Crippen LogP contribution in [0.3, 0.4) is 0 Å². The lowest BCUT2D eigenvalue weighted by molar-refractivity contribution is -0.228. The molecular weight excluding hydrogens is 298 g/mol. The molecule has 1 heterocycles. The Hall–Kier alpha value is -1.02. The minimum Gasteiger partial charge on any atom is -0.394 e. The van der Waals surface area contributed by atoms with Gasteiger partial charge in [-0.25, -0.2) is 0 Å². The summed E-state index contributed by atoms with van der Waals surface area (Å²) in [5.74, 6) is 0.